The van der Waals surface area contributed by atoms with Crippen LogP contribution in [0.5, 0.6) is 0 Å². The average Bonchev–Trinajstić information content (AvgIpc) is 2.91. The van der Waals surface area contributed by atoms with Gasteiger partial charge in [-0.2, -0.15) is 20.1 Å². The Morgan fingerprint density at radius 2 is 2.32 bits per heavy atom. The molecule has 0 aliphatic rings. The van der Waals surface area contributed by atoms with Gasteiger partial charge >= 0.3 is 0 Å². The number of nitrogens with one attached hydrogen (secondary N) is 1. The second-order valence-corrected chi connectivity index (χ2v) is 3.75. The standard InChI is InChI=1S/C10H15N7O2/c1-19-6-7(5-18)13-9-14-8(11)15-10(16-9)17-4-2-3-12-17/h2-4,7,18H,5-6H2,1H3,(H3,11,13,14,15,16). The minimum Gasteiger partial charge on any atom is -0.394 e. The molecular weight excluding hydrogens is 250 g/mol. The van der Waals surface area contributed by atoms with Gasteiger partial charge in [0.05, 0.1) is 19.3 Å². The van der Waals surface area contributed by atoms with Crippen LogP contribution in [0.4, 0.5) is 11.9 Å². The molecule has 2 aromatic heterocycles. The molecule has 2 aromatic rings. The van der Waals surface area contributed by atoms with E-state index in [1.165, 1.54) is 4.68 Å². The van der Waals surface area contributed by atoms with Crippen molar-refractivity contribution in [2.24, 2.45) is 0 Å². The third kappa shape index (κ3) is 3.36. The summed E-state index contributed by atoms with van der Waals surface area (Å²) in [5.41, 5.74) is 5.62. The molecule has 0 bridgehead atoms. The summed E-state index contributed by atoms with van der Waals surface area (Å²) in [6, 6.07) is 1.42. The van der Waals surface area contributed by atoms with Crippen molar-refractivity contribution in [2.75, 3.05) is 31.4 Å². The summed E-state index contributed by atoms with van der Waals surface area (Å²) >= 11 is 0. The Bertz CT molecular complexity index is 517. The molecule has 0 spiro atoms. The lowest BCUT2D eigenvalue weighted by atomic mass is 10.3. The largest absolute Gasteiger partial charge is 0.394 e. The summed E-state index contributed by atoms with van der Waals surface area (Å²) in [5, 5.41) is 16.1. The molecule has 0 amide bonds. The third-order valence-electron chi connectivity index (χ3n) is 2.27. The van der Waals surface area contributed by atoms with Crippen molar-refractivity contribution < 1.29 is 9.84 Å². The van der Waals surface area contributed by atoms with Gasteiger partial charge in [-0.25, -0.2) is 4.68 Å². The maximum atomic E-state index is 9.18. The van der Waals surface area contributed by atoms with E-state index in [-0.39, 0.29) is 24.5 Å². The Hall–Kier alpha value is -2.26. The summed E-state index contributed by atoms with van der Waals surface area (Å²) in [6.45, 7) is 0.204. The second-order valence-electron chi connectivity index (χ2n) is 3.75. The summed E-state index contributed by atoms with van der Waals surface area (Å²) in [5.74, 6) is 0.625. The number of aliphatic hydroxyl groups excluding tert-OH is 1. The number of nitrogen functional groups attached to an aromatic ring is 1. The molecule has 0 aromatic carbocycles. The molecule has 1 unspecified atom stereocenters. The molecule has 2 heterocycles. The van der Waals surface area contributed by atoms with Crippen LogP contribution in [0.1, 0.15) is 0 Å². The van der Waals surface area contributed by atoms with E-state index in [9.17, 15) is 5.11 Å². The zero-order chi connectivity index (χ0) is 13.7. The van der Waals surface area contributed by atoms with Crippen LogP contribution in [0.2, 0.25) is 0 Å². The summed E-state index contributed by atoms with van der Waals surface area (Å²) < 4.78 is 6.42. The van der Waals surface area contributed by atoms with Crippen LogP contribution in [0, 0.1) is 0 Å². The molecule has 9 nitrogen and oxygen atoms in total. The van der Waals surface area contributed by atoms with Gasteiger partial charge in [0.1, 0.15) is 0 Å². The number of rotatable bonds is 6. The van der Waals surface area contributed by atoms with Crippen LogP contribution >= 0.6 is 0 Å². The number of anilines is 2. The second kappa shape index (κ2) is 6.07. The lowest BCUT2D eigenvalue weighted by Gasteiger charge is -2.15. The Labute approximate surface area is 109 Å². The lowest BCUT2D eigenvalue weighted by molar-refractivity contribution is 0.153. The van der Waals surface area contributed by atoms with Gasteiger partial charge in [-0.15, -0.1) is 0 Å². The topological polar surface area (TPSA) is 124 Å². The first-order valence-corrected chi connectivity index (χ1v) is 5.61. The lowest BCUT2D eigenvalue weighted by Crippen LogP contribution is -2.30. The first-order valence-electron chi connectivity index (χ1n) is 5.61. The van der Waals surface area contributed by atoms with Crippen molar-refractivity contribution in [1.82, 2.24) is 24.7 Å². The fraction of sp³-hybridized carbons (Fsp3) is 0.400. The molecule has 0 aliphatic carbocycles. The van der Waals surface area contributed by atoms with E-state index in [2.05, 4.69) is 25.4 Å². The van der Waals surface area contributed by atoms with Crippen molar-refractivity contribution in [3.8, 4) is 5.95 Å². The zero-order valence-electron chi connectivity index (χ0n) is 10.4. The number of aliphatic hydroxyl groups is 1. The molecule has 4 N–H and O–H groups in total. The van der Waals surface area contributed by atoms with Crippen molar-refractivity contribution in [2.45, 2.75) is 6.04 Å². The fourth-order valence-corrected chi connectivity index (χ4v) is 1.46. The summed E-state index contributed by atoms with van der Waals surface area (Å²) in [7, 11) is 1.54. The number of methoxy groups -OCH3 is 1. The Balaban J connectivity index is 2.21. The molecule has 2 rings (SSSR count). The number of ether oxygens (including phenoxy) is 1. The SMILES string of the molecule is COCC(CO)Nc1nc(N)nc(-n2cccn2)n1. The predicted octanol–water partition coefficient (Wildman–Crippen LogP) is -0.941. The normalized spacial score (nSPS) is 12.3. The molecule has 1 atom stereocenters. The van der Waals surface area contributed by atoms with Crippen molar-refractivity contribution in [3.63, 3.8) is 0 Å². The number of aromatic nitrogens is 5. The molecule has 0 radical (unpaired) electrons. The summed E-state index contributed by atoms with van der Waals surface area (Å²) in [4.78, 5) is 12.1. The Kier molecular flexibility index (Phi) is 4.21. The van der Waals surface area contributed by atoms with Crippen LogP contribution < -0.4 is 11.1 Å². The average molecular weight is 265 g/mol. The molecule has 0 saturated carbocycles. The fourth-order valence-electron chi connectivity index (χ4n) is 1.46. The highest BCUT2D eigenvalue weighted by Crippen LogP contribution is 2.07. The molecule has 19 heavy (non-hydrogen) atoms. The van der Waals surface area contributed by atoms with E-state index in [0.29, 0.717) is 12.6 Å². The van der Waals surface area contributed by atoms with Crippen LogP contribution in [-0.2, 0) is 4.74 Å². The number of nitrogens with zero attached hydrogens (tertiary/aromatic N) is 5. The molecule has 0 aliphatic heterocycles. The highest BCUT2D eigenvalue weighted by Gasteiger charge is 2.11. The van der Waals surface area contributed by atoms with Crippen molar-refractivity contribution >= 4 is 11.9 Å². The van der Waals surface area contributed by atoms with Crippen LogP contribution in [0.25, 0.3) is 5.95 Å². The summed E-state index contributed by atoms with van der Waals surface area (Å²) in [6.07, 6.45) is 3.30. The number of hydrogen-bond acceptors (Lipinski definition) is 8. The Morgan fingerprint density at radius 1 is 1.47 bits per heavy atom. The van der Waals surface area contributed by atoms with Gasteiger partial charge in [-0.1, -0.05) is 0 Å². The predicted molar refractivity (Wildman–Crippen MR) is 67.7 cm³/mol. The van der Waals surface area contributed by atoms with Gasteiger partial charge in [0, 0.05) is 19.5 Å². The van der Waals surface area contributed by atoms with Crippen LogP contribution in [0.15, 0.2) is 18.5 Å². The van der Waals surface area contributed by atoms with Gasteiger partial charge in [0.2, 0.25) is 11.9 Å². The maximum Gasteiger partial charge on any atom is 0.257 e. The smallest absolute Gasteiger partial charge is 0.257 e. The first kappa shape index (κ1) is 13.2. The molecule has 9 heteroatoms. The van der Waals surface area contributed by atoms with E-state index >= 15 is 0 Å². The van der Waals surface area contributed by atoms with E-state index < -0.39 is 0 Å². The minimum atomic E-state index is -0.322. The van der Waals surface area contributed by atoms with E-state index in [4.69, 9.17) is 10.5 Å². The number of nitrogens with two attached hydrogens (primary N) is 1. The van der Waals surface area contributed by atoms with Gasteiger partial charge in [0.25, 0.3) is 5.95 Å². The van der Waals surface area contributed by atoms with Gasteiger partial charge < -0.3 is 20.9 Å². The highest BCUT2D eigenvalue weighted by atomic mass is 16.5. The van der Waals surface area contributed by atoms with Gasteiger partial charge in [0.15, 0.2) is 0 Å². The third-order valence-corrected chi connectivity index (χ3v) is 2.27. The maximum absolute atomic E-state index is 9.18. The molecule has 0 saturated heterocycles. The van der Waals surface area contributed by atoms with E-state index in [0.717, 1.165) is 0 Å². The van der Waals surface area contributed by atoms with Gasteiger partial charge in [-0.3, -0.25) is 0 Å². The highest BCUT2D eigenvalue weighted by molar-refractivity contribution is 5.35. The monoisotopic (exact) mass is 265 g/mol. The quantitative estimate of drug-likeness (QED) is 0.611. The first-order chi connectivity index (χ1) is 9.22. The van der Waals surface area contributed by atoms with Crippen molar-refractivity contribution in [3.05, 3.63) is 18.5 Å². The zero-order valence-corrected chi connectivity index (χ0v) is 10.4. The van der Waals surface area contributed by atoms with Crippen LogP contribution in [0.3, 0.4) is 0 Å². The van der Waals surface area contributed by atoms with E-state index in [1.807, 2.05) is 0 Å². The van der Waals surface area contributed by atoms with Crippen molar-refractivity contribution in [1.29, 1.82) is 0 Å². The molecular formula is C10H15N7O2. The van der Waals surface area contributed by atoms with E-state index in [1.54, 1.807) is 25.6 Å². The van der Waals surface area contributed by atoms with Gasteiger partial charge in [-0.05, 0) is 6.07 Å². The molecule has 102 valence electrons. The van der Waals surface area contributed by atoms with Crippen LogP contribution in [-0.4, -0.2) is 56.2 Å². The minimum absolute atomic E-state index is 0.0668. The number of hydrogen-bond donors (Lipinski definition) is 3. The Morgan fingerprint density at radius 3 is 2.95 bits per heavy atom. The molecule has 0 fully saturated rings.